The summed E-state index contributed by atoms with van der Waals surface area (Å²) in [5.41, 5.74) is 1.21. The van der Waals surface area contributed by atoms with Gasteiger partial charge in [0, 0.05) is 15.0 Å². The van der Waals surface area contributed by atoms with Crippen molar-refractivity contribution < 1.29 is 0 Å². The highest BCUT2D eigenvalue weighted by Crippen LogP contribution is 2.34. The van der Waals surface area contributed by atoms with Crippen molar-refractivity contribution in [2.45, 2.75) is 57.9 Å². The Kier molecular flexibility index (Phi) is 6.21. The number of hydrogen-bond donors (Lipinski definition) is 1. The van der Waals surface area contributed by atoms with Gasteiger partial charge in [0.15, 0.2) is 0 Å². The number of nitrogens with one attached hydrogen (secondary N) is 1. The molecule has 3 heteroatoms. The number of hydrogen-bond acceptors (Lipinski definition) is 1. The van der Waals surface area contributed by atoms with Gasteiger partial charge in [-0.1, -0.05) is 38.7 Å². The maximum Gasteiger partial charge on any atom is 0.0631 e. The first kappa shape index (κ1) is 15.4. The van der Waals surface area contributed by atoms with Gasteiger partial charge in [-0.2, -0.15) is 0 Å². The summed E-state index contributed by atoms with van der Waals surface area (Å²) >= 11 is 7.28. The Bertz CT molecular complexity index is 385. The van der Waals surface area contributed by atoms with E-state index in [4.69, 9.17) is 0 Å². The first-order valence-corrected chi connectivity index (χ1v) is 9.00. The Balaban J connectivity index is 1.96. The minimum absolute atomic E-state index is 0.622. The molecule has 106 valence electrons. The molecule has 1 aliphatic carbocycles. The van der Waals surface area contributed by atoms with Crippen molar-refractivity contribution in [3.63, 3.8) is 0 Å². The average molecular weight is 389 g/mol. The zero-order valence-electron chi connectivity index (χ0n) is 11.6. The molecule has 1 saturated carbocycles. The van der Waals surface area contributed by atoms with Gasteiger partial charge in [0.05, 0.1) is 5.69 Å². The van der Waals surface area contributed by atoms with E-state index in [1.165, 1.54) is 50.6 Å². The molecule has 2 unspecified atom stereocenters. The normalized spacial score (nSPS) is 23.9. The van der Waals surface area contributed by atoms with Crippen molar-refractivity contribution in [2.75, 3.05) is 5.32 Å². The van der Waals surface area contributed by atoms with E-state index in [-0.39, 0.29) is 0 Å². The molecule has 1 N–H and O–H groups in total. The van der Waals surface area contributed by atoms with Crippen LogP contribution in [0, 0.1) is 5.92 Å². The van der Waals surface area contributed by atoms with E-state index < -0.39 is 0 Å². The molecule has 2 atom stereocenters. The monoisotopic (exact) mass is 387 g/mol. The highest BCUT2D eigenvalue weighted by molar-refractivity contribution is 9.11. The van der Waals surface area contributed by atoms with Crippen LogP contribution in [0.2, 0.25) is 0 Å². The third-order valence-corrected chi connectivity index (χ3v) is 5.42. The molecule has 1 aliphatic rings. The fourth-order valence-electron chi connectivity index (χ4n) is 3.06. The molecular weight excluding hydrogens is 366 g/mol. The Morgan fingerprint density at radius 2 is 1.84 bits per heavy atom. The summed E-state index contributed by atoms with van der Waals surface area (Å²) in [5.74, 6) is 0.958. The van der Waals surface area contributed by atoms with E-state index in [9.17, 15) is 0 Å². The molecule has 2 rings (SSSR count). The van der Waals surface area contributed by atoms with Gasteiger partial charge in [-0.15, -0.1) is 0 Å². The minimum Gasteiger partial charge on any atom is -0.380 e. The molecular formula is C16H23Br2N. The molecule has 0 spiro atoms. The van der Waals surface area contributed by atoms with Crippen LogP contribution in [0.3, 0.4) is 0 Å². The third-order valence-electron chi connectivity index (χ3n) is 4.10. The Morgan fingerprint density at radius 3 is 2.53 bits per heavy atom. The van der Waals surface area contributed by atoms with Gasteiger partial charge in [0.1, 0.15) is 0 Å². The molecule has 0 heterocycles. The van der Waals surface area contributed by atoms with E-state index in [1.807, 2.05) is 0 Å². The molecule has 1 nitrogen and oxygen atoms in total. The summed E-state index contributed by atoms with van der Waals surface area (Å²) in [6, 6.07) is 6.88. The lowest BCUT2D eigenvalue weighted by atomic mass is 9.95. The summed E-state index contributed by atoms with van der Waals surface area (Å²) in [5, 5.41) is 3.73. The van der Waals surface area contributed by atoms with Crippen molar-refractivity contribution in [3.05, 3.63) is 27.1 Å². The maximum atomic E-state index is 3.73. The van der Waals surface area contributed by atoms with Crippen LogP contribution in [0.25, 0.3) is 0 Å². The number of para-hydroxylation sites is 1. The molecule has 1 aromatic carbocycles. The van der Waals surface area contributed by atoms with Crippen LogP contribution < -0.4 is 5.32 Å². The van der Waals surface area contributed by atoms with Gasteiger partial charge in [-0.05, 0) is 69.2 Å². The topological polar surface area (TPSA) is 12.0 Å². The summed E-state index contributed by atoms with van der Waals surface area (Å²) in [6.45, 7) is 2.30. The van der Waals surface area contributed by atoms with Crippen LogP contribution in [0.4, 0.5) is 5.69 Å². The van der Waals surface area contributed by atoms with Gasteiger partial charge >= 0.3 is 0 Å². The molecule has 1 aromatic rings. The summed E-state index contributed by atoms with van der Waals surface area (Å²) in [4.78, 5) is 0. The highest BCUT2D eigenvalue weighted by atomic mass is 79.9. The molecule has 0 bridgehead atoms. The smallest absolute Gasteiger partial charge is 0.0631 e. The number of anilines is 1. The van der Waals surface area contributed by atoms with Crippen LogP contribution in [-0.4, -0.2) is 6.04 Å². The Labute approximate surface area is 133 Å². The van der Waals surface area contributed by atoms with Crippen LogP contribution in [-0.2, 0) is 0 Å². The molecule has 0 saturated heterocycles. The van der Waals surface area contributed by atoms with Gasteiger partial charge in [0.25, 0.3) is 0 Å². The van der Waals surface area contributed by atoms with Crippen LogP contribution in [0.5, 0.6) is 0 Å². The molecule has 0 aromatic heterocycles. The molecule has 0 radical (unpaired) electrons. The van der Waals surface area contributed by atoms with Crippen LogP contribution in [0.1, 0.15) is 51.9 Å². The number of benzene rings is 1. The Morgan fingerprint density at radius 1 is 1.11 bits per heavy atom. The number of rotatable bonds is 4. The fourth-order valence-corrected chi connectivity index (χ4v) is 4.29. The zero-order chi connectivity index (χ0) is 13.7. The predicted molar refractivity (Wildman–Crippen MR) is 90.7 cm³/mol. The van der Waals surface area contributed by atoms with Crippen molar-refractivity contribution in [1.29, 1.82) is 0 Å². The van der Waals surface area contributed by atoms with Gasteiger partial charge in [-0.25, -0.2) is 0 Å². The van der Waals surface area contributed by atoms with Crippen LogP contribution >= 0.6 is 31.9 Å². The first-order chi connectivity index (χ1) is 9.20. The summed E-state index contributed by atoms with van der Waals surface area (Å²) in [7, 11) is 0. The van der Waals surface area contributed by atoms with Gasteiger partial charge in [-0.3, -0.25) is 0 Å². The van der Waals surface area contributed by atoms with Crippen molar-refractivity contribution in [3.8, 4) is 0 Å². The SMILES string of the molecule is CCCC1CCCC(Nc2c(Br)cccc2Br)CC1. The van der Waals surface area contributed by atoms with E-state index in [0.717, 1.165) is 14.9 Å². The quantitative estimate of drug-likeness (QED) is 0.590. The average Bonchev–Trinajstić information content (AvgIpc) is 2.60. The van der Waals surface area contributed by atoms with Crippen molar-refractivity contribution >= 4 is 37.5 Å². The van der Waals surface area contributed by atoms with Crippen molar-refractivity contribution in [2.24, 2.45) is 5.92 Å². The van der Waals surface area contributed by atoms with Crippen LogP contribution in [0.15, 0.2) is 27.1 Å². The van der Waals surface area contributed by atoms with Gasteiger partial charge < -0.3 is 5.32 Å². The minimum atomic E-state index is 0.622. The molecule has 19 heavy (non-hydrogen) atoms. The van der Waals surface area contributed by atoms with Gasteiger partial charge in [0.2, 0.25) is 0 Å². The number of halogens is 2. The van der Waals surface area contributed by atoms with E-state index >= 15 is 0 Å². The third kappa shape index (κ3) is 4.49. The second-order valence-electron chi connectivity index (χ2n) is 5.60. The maximum absolute atomic E-state index is 3.73. The van der Waals surface area contributed by atoms with E-state index in [2.05, 4.69) is 62.3 Å². The predicted octanol–water partition coefficient (Wildman–Crippen LogP) is 6.37. The summed E-state index contributed by atoms with van der Waals surface area (Å²) < 4.78 is 2.30. The standard InChI is InChI=1S/C16H23Br2N/c1-2-5-12-6-3-7-13(11-10-12)19-16-14(17)8-4-9-15(16)18/h4,8-9,12-13,19H,2-3,5-7,10-11H2,1H3. The second-order valence-corrected chi connectivity index (χ2v) is 7.31. The largest absolute Gasteiger partial charge is 0.380 e. The van der Waals surface area contributed by atoms with E-state index in [0.29, 0.717) is 6.04 Å². The molecule has 0 aliphatic heterocycles. The van der Waals surface area contributed by atoms with E-state index in [1.54, 1.807) is 0 Å². The lowest BCUT2D eigenvalue weighted by Crippen LogP contribution is -2.19. The zero-order valence-corrected chi connectivity index (χ0v) is 14.8. The highest BCUT2D eigenvalue weighted by Gasteiger charge is 2.19. The fraction of sp³-hybridized carbons (Fsp3) is 0.625. The second kappa shape index (κ2) is 7.68. The lowest BCUT2D eigenvalue weighted by Gasteiger charge is -2.20. The molecule has 1 fully saturated rings. The summed E-state index contributed by atoms with van der Waals surface area (Å²) in [6.07, 6.45) is 9.51. The first-order valence-electron chi connectivity index (χ1n) is 7.41. The lowest BCUT2D eigenvalue weighted by molar-refractivity contribution is 0.422. The molecule has 0 amide bonds. The van der Waals surface area contributed by atoms with Crippen molar-refractivity contribution in [1.82, 2.24) is 0 Å². The Hall–Kier alpha value is -0.0200.